The molecule has 0 N–H and O–H groups in total. The lowest BCUT2D eigenvalue weighted by molar-refractivity contribution is 0.374. The highest BCUT2D eigenvalue weighted by Gasteiger charge is 2.21. The van der Waals surface area contributed by atoms with Crippen molar-refractivity contribution in [3.05, 3.63) is 60.2 Å². The largest absolute Gasteiger partial charge is 0.122 e. The molecule has 1 unspecified atom stereocenters. The summed E-state index contributed by atoms with van der Waals surface area (Å²) < 4.78 is 0. The molecule has 2 aromatic carbocycles. The van der Waals surface area contributed by atoms with Gasteiger partial charge in [0.2, 0.25) is 0 Å². The monoisotopic (exact) mass is 286 g/mol. The van der Waals surface area contributed by atoms with Crippen molar-refractivity contribution >= 4 is 11.6 Å². The molecule has 0 amide bonds. The molecule has 2 rings (SSSR count). The van der Waals surface area contributed by atoms with Gasteiger partial charge >= 0.3 is 0 Å². The van der Waals surface area contributed by atoms with Gasteiger partial charge in [-0.25, -0.2) is 0 Å². The van der Waals surface area contributed by atoms with E-state index in [9.17, 15) is 0 Å². The first kappa shape index (κ1) is 15.1. The number of rotatable bonds is 4. The number of aryl methyl sites for hydroxylation is 1. The van der Waals surface area contributed by atoms with Gasteiger partial charge < -0.3 is 0 Å². The predicted octanol–water partition coefficient (Wildman–Crippen LogP) is 5.94. The molecule has 20 heavy (non-hydrogen) atoms. The molecule has 0 saturated heterocycles. The summed E-state index contributed by atoms with van der Waals surface area (Å²) in [5.74, 6) is 0. The fraction of sp³-hybridized carbons (Fsp3) is 0.368. The van der Waals surface area contributed by atoms with E-state index in [4.69, 9.17) is 11.6 Å². The highest BCUT2D eigenvalue weighted by Crippen LogP contribution is 2.28. The standard InChI is InChI=1S/C19H23Cl/c1-19(2,3)18(20)14-11-15-9-12-17(13-10-15)16-7-5-4-6-8-16/h4-10,12-13,18H,11,14H2,1-3H3. The van der Waals surface area contributed by atoms with Gasteiger partial charge in [0.25, 0.3) is 0 Å². The van der Waals surface area contributed by atoms with Crippen molar-refractivity contribution in [1.82, 2.24) is 0 Å². The van der Waals surface area contributed by atoms with Crippen molar-refractivity contribution in [2.45, 2.75) is 39.0 Å². The van der Waals surface area contributed by atoms with E-state index in [0.717, 1.165) is 12.8 Å². The van der Waals surface area contributed by atoms with E-state index >= 15 is 0 Å². The molecule has 0 aliphatic rings. The second-order valence-electron chi connectivity index (χ2n) is 6.44. The molecule has 0 spiro atoms. The van der Waals surface area contributed by atoms with Crippen molar-refractivity contribution < 1.29 is 0 Å². The zero-order chi connectivity index (χ0) is 14.6. The van der Waals surface area contributed by atoms with Gasteiger partial charge in [-0.3, -0.25) is 0 Å². The van der Waals surface area contributed by atoms with Crippen LogP contribution in [0.15, 0.2) is 54.6 Å². The van der Waals surface area contributed by atoms with Gasteiger partial charge in [0.1, 0.15) is 0 Å². The van der Waals surface area contributed by atoms with Gasteiger partial charge in [0.05, 0.1) is 0 Å². The Kier molecular flexibility index (Phi) is 4.88. The van der Waals surface area contributed by atoms with E-state index in [1.165, 1.54) is 16.7 Å². The summed E-state index contributed by atoms with van der Waals surface area (Å²) in [5.41, 5.74) is 4.07. The lowest BCUT2D eigenvalue weighted by Gasteiger charge is -2.25. The lowest BCUT2D eigenvalue weighted by Crippen LogP contribution is -2.21. The van der Waals surface area contributed by atoms with Crippen molar-refractivity contribution in [2.24, 2.45) is 5.41 Å². The molecule has 0 aliphatic carbocycles. The van der Waals surface area contributed by atoms with E-state index in [1.54, 1.807) is 0 Å². The van der Waals surface area contributed by atoms with E-state index in [2.05, 4.69) is 69.3 Å². The highest BCUT2D eigenvalue weighted by atomic mass is 35.5. The van der Waals surface area contributed by atoms with Crippen LogP contribution >= 0.6 is 11.6 Å². The Labute approximate surface area is 127 Å². The molecule has 1 atom stereocenters. The SMILES string of the molecule is CC(C)(C)C(Cl)CCc1ccc(-c2ccccc2)cc1. The average Bonchev–Trinajstić information content (AvgIpc) is 2.45. The second-order valence-corrected chi connectivity index (χ2v) is 6.96. The molecule has 2 aromatic rings. The maximum absolute atomic E-state index is 6.43. The summed E-state index contributed by atoms with van der Waals surface area (Å²) in [6.45, 7) is 6.59. The maximum atomic E-state index is 6.43. The summed E-state index contributed by atoms with van der Waals surface area (Å²) >= 11 is 6.43. The summed E-state index contributed by atoms with van der Waals surface area (Å²) in [4.78, 5) is 0. The third kappa shape index (κ3) is 4.11. The summed E-state index contributed by atoms with van der Waals surface area (Å²) in [7, 11) is 0. The van der Waals surface area contributed by atoms with Crippen LogP contribution < -0.4 is 0 Å². The van der Waals surface area contributed by atoms with Crippen molar-refractivity contribution in [3.8, 4) is 11.1 Å². The van der Waals surface area contributed by atoms with Gasteiger partial charge in [-0.05, 0) is 34.9 Å². The van der Waals surface area contributed by atoms with Crippen LogP contribution in [0.25, 0.3) is 11.1 Å². The summed E-state index contributed by atoms with van der Waals surface area (Å²) in [5, 5.41) is 0.219. The summed E-state index contributed by atoms with van der Waals surface area (Å²) in [6, 6.07) is 19.3. The van der Waals surface area contributed by atoms with E-state index in [-0.39, 0.29) is 10.8 Å². The van der Waals surface area contributed by atoms with Crippen LogP contribution in [-0.4, -0.2) is 5.38 Å². The van der Waals surface area contributed by atoms with Gasteiger partial charge in [-0.1, -0.05) is 75.4 Å². The Morgan fingerprint density at radius 1 is 0.850 bits per heavy atom. The maximum Gasteiger partial charge on any atom is 0.0387 e. The number of hydrogen-bond donors (Lipinski definition) is 0. The molecule has 0 aromatic heterocycles. The molecule has 0 bridgehead atoms. The first-order valence-corrected chi connectivity index (χ1v) is 7.69. The number of hydrogen-bond acceptors (Lipinski definition) is 0. The molecule has 0 heterocycles. The number of alkyl halides is 1. The fourth-order valence-electron chi connectivity index (χ4n) is 2.22. The van der Waals surface area contributed by atoms with Crippen LogP contribution in [0.3, 0.4) is 0 Å². The Bertz CT molecular complexity index is 520. The van der Waals surface area contributed by atoms with E-state index in [0.29, 0.717) is 0 Å². The molecular formula is C19H23Cl. The van der Waals surface area contributed by atoms with Gasteiger partial charge in [0, 0.05) is 5.38 Å². The Balaban J connectivity index is 1.99. The lowest BCUT2D eigenvalue weighted by atomic mass is 9.88. The smallest absolute Gasteiger partial charge is 0.0387 e. The molecular weight excluding hydrogens is 264 g/mol. The number of halogens is 1. The highest BCUT2D eigenvalue weighted by molar-refractivity contribution is 6.21. The molecule has 0 saturated carbocycles. The first-order valence-electron chi connectivity index (χ1n) is 7.25. The Morgan fingerprint density at radius 2 is 1.40 bits per heavy atom. The van der Waals surface area contributed by atoms with Crippen molar-refractivity contribution in [1.29, 1.82) is 0 Å². The van der Waals surface area contributed by atoms with Crippen molar-refractivity contribution in [3.63, 3.8) is 0 Å². The van der Waals surface area contributed by atoms with Crippen LogP contribution in [0.1, 0.15) is 32.8 Å². The minimum atomic E-state index is 0.172. The second kappa shape index (κ2) is 6.45. The zero-order valence-corrected chi connectivity index (χ0v) is 13.3. The van der Waals surface area contributed by atoms with E-state index < -0.39 is 0 Å². The average molecular weight is 287 g/mol. The molecule has 0 radical (unpaired) electrons. The van der Waals surface area contributed by atoms with Crippen LogP contribution in [0.4, 0.5) is 0 Å². The minimum Gasteiger partial charge on any atom is -0.122 e. The molecule has 0 nitrogen and oxygen atoms in total. The normalized spacial score (nSPS) is 13.2. The van der Waals surface area contributed by atoms with E-state index in [1.807, 2.05) is 6.07 Å². The molecule has 1 heteroatoms. The van der Waals surface area contributed by atoms with Gasteiger partial charge in [-0.15, -0.1) is 11.6 Å². The minimum absolute atomic E-state index is 0.172. The third-order valence-corrected chi connectivity index (χ3v) is 4.56. The zero-order valence-electron chi connectivity index (χ0n) is 12.6. The van der Waals surface area contributed by atoms with Gasteiger partial charge in [-0.2, -0.15) is 0 Å². The Hall–Kier alpha value is -1.27. The molecule has 0 fully saturated rings. The fourth-order valence-corrected chi connectivity index (χ4v) is 2.33. The third-order valence-electron chi connectivity index (χ3n) is 3.69. The van der Waals surface area contributed by atoms with Crippen LogP contribution in [-0.2, 0) is 6.42 Å². The van der Waals surface area contributed by atoms with Gasteiger partial charge in [0.15, 0.2) is 0 Å². The molecule has 106 valence electrons. The Morgan fingerprint density at radius 3 is 1.95 bits per heavy atom. The quantitative estimate of drug-likeness (QED) is 0.610. The first-order chi connectivity index (χ1) is 9.47. The predicted molar refractivity (Wildman–Crippen MR) is 89.3 cm³/mol. The molecule has 0 aliphatic heterocycles. The van der Waals surface area contributed by atoms with Crippen LogP contribution in [0.2, 0.25) is 0 Å². The number of benzene rings is 2. The summed E-state index contributed by atoms with van der Waals surface area (Å²) in [6.07, 6.45) is 2.07. The van der Waals surface area contributed by atoms with Crippen LogP contribution in [0.5, 0.6) is 0 Å². The topological polar surface area (TPSA) is 0 Å². The van der Waals surface area contributed by atoms with Crippen molar-refractivity contribution in [2.75, 3.05) is 0 Å². The van der Waals surface area contributed by atoms with Crippen LogP contribution in [0, 0.1) is 5.41 Å².